The number of fused-ring (bicyclic) bond motifs is 1. The normalized spacial score (nSPS) is 16.1. The van der Waals surface area contributed by atoms with E-state index >= 15 is 0 Å². The topological polar surface area (TPSA) is 90.3 Å². The zero-order chi connectivity index (χ0) is 25.2. The first-order chi connectivity index (χ1) is 16.6. The van der Waals surface area contributed by atoms with Crippen molar-refractivity contribution in [3.63, 3.8) is 0 Å². The molecule has 0 saturated carbocycles. The molecular formula is C24H24F3N3O4S. The van der Waals surface area contributed by atoms with Crippen LogP contribution in [0.2, 0.25) is 0 Å². The first-order valence-electron chi connectivity index (χ1n) is 11.1. The number of esters is 1. The summed E-state index contributed by atoms with van der Waals surface area (Å²) in [5.74, 6) is -0.460. The summed E-state index contributed by atoms with van der Waals surface area (Å²) in [6.45, 7) is 1.82. The van der Waals surface area contributed by atoms with Gasteiger partial charge in [-0.15, -0.1) is 0 Å². The number of hydrogen-bond acceptors (Lipinski definition) is 5. The molecule has 0 amide bonds. The molecule has 11 heteroatoms. The van der Waals surface area contributed by atoms with Crippen LogP contribution in [0.1, 0.15) is 42.6 Å². The molecule has 7 nitrogen and oxygen atoms in total. The summed E-state index contributed by atoms with van der Waals surface area (Å²) >= 11 is 0. The second-order valence-electron chi connectivity index (χ2n) is 8.19. The van der Waals surface area contributed by atoms with E-state index in [1.54, 1.807) is 37.3 Å². The Bertz CT molecular complexity index is 1320. The Morgan fingerprint density at radius 3 is 2.60 bits per heavy atom. The minimum atomic E-state index is -4.72. The number of benzene rings is 2. The Labute approximate surface area is 201 Å². The Balaban J connectivity index is 1.67. The van der Waals surface area contributed by atoms with Crippen molar-refractivity contribution in [2.24, 2.45) is 0 Å². The fourth-order valence-corrected chi connectivity index (χ4v) is 5.50. The maximum Gasteiger partial charge on any atom is 0.416 e. The van der Waals surface area contributed by atoms with Crippen LogP contribution in [0.3, 0.4) is 0 Å². The Morgan fingerprint density at radius 1 is 1.17 bits per heavy atom. The molecule has 1 unspecified atom stereocenters. The summed E-state index contributed by atoms with van der Waals surface area (Å²) in [6, 6.07) is 10.4. The van der Waals surface area contributed by atoms with Crippen LogP contribution in [-0.2, 0) is 38.7 Å². The lowest BCUT2D eigenvalue weighted by atomic mass is 9.94. The highest BCUT2D eigenvalue weighted by atomic mass is 32.2. The average molecular weight is 508 g/mol. The van der Waals surface area contributed by atoms with Gasteiger partial charge >= 0.3 is 12.1 Å². The van der Waals surface area contributed by atoms with Gasteiger partial charge in [0.15, 0.2) is 0 Å². The molecule has 0 spiro atoms. The summed E-state index contributed by atoms with van der Waals surface area (Å²) in [4.78, 5) is 11.4. The largest absolute Gasteiger partial charge is 0.465 e. The van der Waals surface area contributed by atoms with Crippen LogP contribution in [0, 0.1) is 0 Å². The molecule has 0 radical (unpaired) electrons. The van der Waals surface area contributed by atoms with Crippen molar-refractivity contribution in [1.29, 1.82) is 0 Å². The molecule has 0 fully saturated rings. The number of sulfonamides is 1. The maximum absolute atomic E-state index is 13.6. The van der Waals surface area contributed by atoms with E-state index in [1.165, 1.54) is 16.9 Å². The van der Waals surface area contributed by atoms with Crippen molar-refractivity contribution < 1.29 is 31.1 Å². The third kappa shape index (κ3) is 5.57. The third-order valence-corrected chi connectivity index (χ3v) is 7.25. The molecule has 1 N–H and O–H groups in total. The third-order valence-electron chi connectivity index (χ3n) is 5.80. The molecule has 1 aliphatic carbocycles. The number of hydrogen-bond donors (Lipinski definition) is 1. The minimum absolute atomic E-state index is 0.100. The van der Waals surface area contributed by atoms with Crippen LogP contribution in [0.4, 0.5) is 13.2 Å². The SMILES string of the molecule is CCOC(=O)Cn1ncc2c1CCCC2NS(=O)(=O)c1cc(-c2ccccc2)cc(C(F)(F)F)c1. The number of aromatic nitrogens is 2. The summed E-state index contributed by atoms with van der Waals surface area (Å²) < 4.78 is 76.3. The quantitative estimate of drug-likeness (QED) is 0.476. The molecule has 1 aromatic heterocycles. The van der Waals surface area contributed by atoms with Gasteiger partial charge < -0.3 is 4.74 Å². The maximum atomic E-state index is 13.6. The fraction of sp³-hybridized carbons (Fsp3) is 0.333. The van der Waals surface area contributed by atoms with Crippen LogP contribution in [0.5, 0.6) is 0 Å². The smallest absolute Gasteiger partial charge is 0.416 e. The number of ether oxygens (including phenoxy) is 1. The van der Waals surface area contributed by atoms with Gasteiger partial charge in [0.25, 0.3) is 0 Å². The van der Waals surface area contributed by atoms with E-state index in [2.05, 4.69) is 9.82 Å². The minimum Gasteiger partial charge on any atom is -0.465 e. The molecule has 0 bridgehead atoms. The molecule has 3 aromatic rings. The predicted octanol–water partition coefficient (Wildman–Crippen LogP) is 4.49. The molecule has 0 saturated heterocycles. The van der Waals surface area contributed by atoms with Gasteiger partial charge in [0.1, 0.15) is 6.54 Å². The molecule has 1 atom stereocenters. The van der Waals surface area contributed by atoms with Gasteiger partial charge in [0.2, 0.25) is 10.0 Å². The molecule has 0 aliphatic heterocycles. The van der Waals surface area contributed by atoms with Crippen molar-refractivity contribution in [3.05, 3.63) is 71.5 Å². The number of carbonyl (C=O) groups excluding carboxylic acids is 1. The number of nitrogens with zero attached hydrogens (tertiary/aromatic N) is 2. The van der Waals surface area contributed by atoms with E-state index in [0.29, 0.717) is 42.1 Å². The van der Waals surface area contributed by atoms with Gasteiger partial charge in [-0.2, -0.15) is 18.3 Å². The number of alkyl halides is 3. The van der Waals surface area contributed by atoms with Gasteiger partial charge in [-0.25, -0.2) is 13.1 Å². The second-order valence-corrected chi connectivity index (χ2v) is 9.90. The van der Waals surface area contributed by atoms with E-state index in [9.17, 15) is 26.4 Å². The van der Waals surface area contributed by atoms with Crippen molar-refractivity contribution >= 4 is 16.0 Å². The van der Waals surface area contributed by atoms with Crippen LogP contribution in [-0.4, -0.2) is 30.8 Å². The zero-order valence-electron chi connectivity index (χ0n) is 18.9. The molecular weight excluding hydrogens is 483 g/mol. The van der Waals surface area contributed by atoms with E-state index in [-0.39, 0.29) is 18.7 Å². The highest BCUT2D eigenvalue weighted by molar-refractivity contribution is 7.89. The van der Waals surface area contributed by atoms with Crippen LogP contribution < -0.4 is 4.72 Å². The number of carbonyl (C=O) groups is 1. The van der Waals surface area contributed by atoms with Crippen molar-refractivity contribution in [1.82, 2.24) is 14.5 Å². The molecule has 186 valence electrons. The van der Waals surface area contributed by atoms with Gasteiger partial charge in [-0.3, -0.25) is 9.48 Å². The average Bonchev–Trinajstić information content (AvgIpc) is 3.22. The fourth-order valence-electron chi connectivity index (χ4n) is 4.18. The lowest BCUT2D eigenvalue weighted by Gasteiger charge is -2.24. The van der Waals surface area contributed by atoms with Crippen molar-refractivity contribution in [2.75, 3.05) is 6.61 Å². The zero-order valence-corrected chi connectivity index (χ0v) is 19.7. The summed E-state index contributed by atoms with van der Waals surface area (Å²) in [7, 11) is -4.32. The van der Waals surface area contributed by atoms with Gasteiger partial charge in [0.05, 0.1) is 29.3 Å². The summed E-state index contributed by atoms with van der Waals surface area (Å²) in [5.41, 5.74) is 0.860. The van der Waals surface area contributed by atoms with Gasteiger partial charge in [-0.05, 0) is 55.5 Å². The molecule has 4 rings (SSSR count). The first-order valence-corrected chi connectivity index (χ1v) is 12.6. The lowest BCUT2D eigenvalue weighted by molar-refractivity contribution is -0.144. The van der Waals surface area contributed by atoms with E-state index in [1.807, 2.05) is 0 Å². The lowest BCUT2D eigenvalue weighted by Crippen LogP contribution is -2.31. The second kappa shape index (κ2) is 9.82. The first kappa shape index (κ1) is 24.9. The Morgan fingerprint density at radius 2 is 1.91 bits per heavy atom. The number of halogens is 3. The Kier molecular flexibility index (Phi) is 7.00. The number of nitrogens with one attached hydrogen (secondary N) is 1. The molecule has 1 aliphatic rings. The molecule has 35 heavy (non-hydrogen) atoms. The van der Waals surface area contributed by atoms with Crippen molar-refractivity contribution in [2.45, 2.75) is 49.8 Å². The van der Waals surface area contributed by atoms with Crippen LogP contribution in [0.15, 0.2) is 59.6 Å². The monoisotopic (exact) mass is 507 g/mol. The number of rotatable bonds is 7. The van der Waals surface area contributed by atoms with Gasteiger partial charge in [0, 0.05) is 11.3 Å². The molecule has 1 heterocycles. The van der Waals surface area contributed by atoms with E-state index < -0.39 is 38.7 Å². The van der Waals surface area contributed by atoms with Gasteiger partial charge in [-0.1, -0.05) is 30.3 Å². The standard InChI is InChI=1S/C24H24F3N3O4S/c1-2-34-23(31)15-30-22-10-6-9-21(20(22)14-28-30)29-35(32,33)19-12-17(16-7-4-3-5-8-16)11-18(13-19)24(25,26)27/h3-5,7-8,11-14,21,29H,2,6,9-10,15H2,1H3. The van der Waals surface area contributed by atoms with Crippen LogP contribution >= 0.6 is 0 Å². The summed E-state index contributed by atoms with van der Waals surface area (Å²) in [5, 5.41) is 4.21. The molecule has 2 aromatic carbocycles. The van der Waals surface area contributed by atoms with Crippen molar-refractivity contribution in [3.8, 4) is 11.1 Å². The van der Waals surface area contributed by atoms with Crippen LogP contribution in [0.25, 0.3) is 11.1 Å². The van der Waals surface area contributed by atoms with E-state index in [4.69, 9.17) is 4.74 Å². The summed E-state index contributed by atoms with van der Waals surface area (Å²) in [6.07, 6.45) is -1.58. The highest BCUT2D eigenvalue weighted by Gasteiger charge is 2.34. The Hall–Kier alpha value is -3.18. The highest BCUT2D eigenvalue weighted by Crippen LogP contribution is 2.36. The predicted molar refractivity (Wildman–Crippen MR) is 122 cm³/mol. The van der Waals surface area contributed by atoms with E-state index in [0.717, 1.165) is 6.07 Å².